The Morgan fingerprint density at radius 2 is 1.96 bits per heavy atom. The lowest BCUT2D eigenvalue weighted by molar-refractivity contribution is -0.142. The standard InChI is InChI=1S/C19H19NO6/c1-3-24-16-10-12(8-9-15(16)25-11-17(21)23-2)19-20-18(22)13-6-4-5-7-14(13)26-19/h4-10,19H,3,11H2,1-2H3,(H,20,22)/t19-/m1/s1. The highest BCUT2D eigenvalue weighted by Gasteiger charge is 2.27. The summed E-state index contributed by atoms with van der Waals surface area (Å²) in [5.74, 6) is 0.677. The fourth-order valence-electron chi connectivity index (χ4n) is 2.53. The molecule has 1 aliphatic rings. The molecule has 0 saturated heterocycles. The van der Waals surface area contributed by atoms with Crippen LogP contribution in [0.1, 0.15) is 29.1 Å². The zero-order valence-corrected chi connectivity index (χ0v) is 14.5. The lowest BCUT2D eigenvalue weighted by Gasteiger charge is -2.27. The Balaban J connectivity index is 1.83. The normalized spacial score (nSPS) is 15.3. The van der Waals surface area contributed by atoms with Gasteiger partial charge >= 0.3 is 5.97 Å². The summed E-state index contributed by atoms with van der Waals surface area (Å²) in [5, 5.41) is 2.81. The van der Waals surface area contributed by atoms with Crippen molar-refractivity contribution in [2.24, 2.45) is 0 Å². The number of methoxy groups -OCH3 is 1. The smallest absolute Gasteiger partial charge is 0.343 e. The van der Waals surface area contributed by atoms with E-state index >= 15 is 0 Å². The zero-order chi connectivity index (χ0) is 18.5. The van der Waals surface area contributed by atoms with Crippen LogP contribution in [0.15, 0.2) is 42.5 Å². The van der Waals surface area contributed by atoms with Crippen LogP contribution >= 0.6 is 0 Å². The molecule has 0 fully saturated rings. The van der Waals surface area contributed by atoms with Gasteiger partial charge in [-0.2, -0.15) is 0 Å². The molecule has 0 aromatic heterocycles. The van der Waals surface area contributed by atoms with E-state index in [-0.39, 0.29) is 12.5 Å². The van der Waals surface area contributed by atoms with Crippen molar-refractivity contribution >= 4 is 11.9 Å². The maximum absolute atomic E-state index is 12.3. The van der Waals surface area contributed by atoms with E-state index in [0.717, 1.165) is 0 Å². The highest BCUT2D eigenvalue weighted by Crippen LogP contribution is 2.34. The van der Waals surface area contributed by atoms with Crippen molar-refractivity contribution in [2.45, 2.75) is 13.2 Å². The average Bonchev–Trinajstić information content (AvgIpc) is 2.67. The van der Waals surface area contributed by atoms with E-state index in [1.54, 1.807) is 36.4 Å². The van der Waals surface area contributed by atoms with Crippen molar-refractivity contribution in [3.8, 4) is 17.2 Å². The predicted molar refractivity (Wildman–Crippen MR) is 92.4 cm³/mol. The second kappa shape index (κ2) is 7.77. The number of hydrogen-bond donors (Lipinski definition) is 1. The second-order valence-corrected chi connectivity index (χ2v) is 5.47. The van der Waals surface area contributed by atoms with Gasteiger partial charge in [0, 0.05) is 5.56 Å². The first-order chi connectivity index (χ1) is 12.6. The third kappa shape index (κ3) is 3.72. The number of para-hydroxylation sites is 1. The summed E-state index contributed by atoms with van der Waals surface area (Å²) in [7, 11) is 1.29. The molecule has 0 spiro atoms. The van der Waals surface area contributed by atoms with Crippen LogP contribution in [0.5, 0.6) is 17.2 Å². The number of benzene rings is 2. The number of hydrogen-bond acceptors (Lipinski definition) is 6. The Morgan fingerprint density at radius 3 is 2.73 bits per heavy atom. The zero-order valence-electron chi connectivity index (χ0n) is 14.5. The van der Waals surface area contributed by atoms with Crippen molar-refractivity contribution < 1.29 is 28.5 Å². The van der Waals surface area contributed by atoms with Crippen molar-refractivity contribution in [1.29, 1.82) is 0 Å². The molecule has 0 bridgehead atoms. The molecular weight excluding hydrogens is 338 g/mol. The Bertz CT molecular complexity index is 819. The van der Waals surface area contributed by atoms with Crippen LogP contribution in [0.3, 0.4) is 0 Å². The van der Waals surface area contributed by atoms with Gasteiger partial charge < -0.3 is 24.3 Å². The van der Waals surface area contributed by atoms with Crippen molar-refractivity contribution in [1.82, 2.24) is 5.32 Å². The summed E-state index contributed by atoms with van der Waals surface area (Å²) in [4.78, 5) is 23.5. The number of rotatable bonds is 6. The molecule has 2 aromatic rings. The maximum atomic E-state index is 12.3. The maximum Gasteiger partial charge on any atom is 0.343 e. The van der Waals surface area contributed by atoms with Crippen LogP contribution in [-0.4, -0.2) is 32.2 Å². The van der Waals surface area contributed by atoms with Gasteiger partial charge in [-0.05, 0) is 37.3 Å². The first kappa shape index (κ1) is 17.6. The van der Waals surface area contributed by atoms with Crippen LogP contribution < -0.4 is 19.5 Å². The molecule has 2 aromatic carbocycles. The summed E-state index contributed by atoms with van der Waals surface area (Å²) in [6.07, 6.45) is -0.647. The summed E-state index contributed by atoms with van der Waals surface area (Å²) in [6.45, 7) is 2.03. The molecule has 1 heterocycles. The van der Waals surface area contributed by atoms with Crippen LogP contribution in [0, 0.1) is 0 Å². The quantitative estimate of drug-likeness (QED) is 0.800. The molecule has 7 nitrogen and oxygen atoms in total. The number of esters is 1. The lowest BCUT2D eigenvalue weighted by atomic mass is 10.1. The largest absolute Gasteiger partial charge is 0.490 e. The first-order valence-corrected chi connectivity index (χ1v) is 8.15. The molecule has 0 radical (unpaired) electrons. The fraction of sp³-hybridized carbons (Fsp3) is 0.263. The Morgan fingerprint density at radius 1 is 1.15 bits per heavy atom. The van der Waals surface area contributed by atoms with Crippen LogP contribution in [0.2, 0.25) is 0 Å². The molecule has 0 aliphatic carbocycles. The van der Waals surface area contributed by atoms with Gasteiger partial charge in [-0.1, -0.05) is 12.1 Å². The van der Waals surface area contributed by atoms with E-state index in [2.05, 4.69) is 10.1 Å². The van der Waals surface area contributed by atoms with E-state index in [4.69, 9.17) is 14.2 Å². The van der Waals surface area contributed by atoms with Crippen molar-refractivity contribution in [3.63, 3.8) is 0 Å². The van der Waals surface area contributed by atoms with Gasteiger partial charge in [-0.25, -0.2) is 4.79 Å². The molecule has 1 atom stereocenters. The predicted octanol–water partition coefficient (Wildman–Crippen LogP) is 2.46. The van der Waals surface area contributed by atoms with Gasteiger partial charge in [0.2, 0.25) is 0 Å². The number of fused-ring (bicyclic) bond motifs is 1. The summed E-state index contributed by atoms with van der Waals surface area (Å²) in [5.41, 5.74) is 1.19. The Labute approximate surface area is 150 Å². The number of carbonyl (C=O) groups excluding carboxylic acids is 2. The van der Waals surface area contributed by atoms with E-state index in [1.165, 1.54) is 7.11 Å². The molecular formula is C19H19NO6. The van der Waals surface area contributed by atoms with Gasteiger partial charge in [0.05, 0.1) is 19.3 Å². The van der Waals surface area contributed by atoms with Crippen molar-refractivity contribution in [3.05, 3.63) is 53.6 Å². The van der Waals surface area contributed by atoms with Crippen LogP contribution in [-0.2, 0) is 9.53 Å². The molecule has 0 saturated carbocycles. The van der Waals surface area contributed by atoms with Gasteiger partial charge in [-0.15, -0.1) is 0 Å². The fourth-order valence-corrected chi connectivity index (χ4v) is 2.53. The van der Waals surface area contributed by atoms with Crippen molar-refractivity contribution in [2.75, 3.05) is 20.3 Å². The van der Waals surface area contributed by atoms with Gasteiger partial charge in [0.15, 0.2) is 24.3 Å². The molecule has 1 aliphatic heterocycles. The Kier molecular flexibility index (Phi) is 5.26. The Hall–Kier alpha value is -3.22. The van der Waals surface area contributed by atoms with Crippen LogP contribution in [0.25, 0.3) is 0 Å². The van der Waals surface area contributed by atoms with E-state index in [9.17, 15) is 9.59 Å². The molecule has 1 amide bonds. The van der Waals surface area contributed by atoms with E-state index in [1.807, 2.05) is 13.0 Å². The van der Waals surface area contributed by atoms with E-state index < -0.39 is 12.2 Å². The highest BCUT2D eigenvalue weighted by atomic mass is 16.6. The van der Waals surface area contributed by atoms with Gasteiger partial charge in [0.1, 0.15) is 5.75 Å². The number of amides is 1. The van der Waals surface area contributed by atoms with Crippen LogP contribution in [0.4, 0.5) is 0 Å². The van der Waals surface area contributed by atoms with Gasteiger partial charge in [0.25, 0.3) is 5.91 Å². The molecule has 7 heteroatoms. The number of ether oxygens (including phenoxy) is 4. The summed E-state index contributed by atoms with van der Waals surface area (Å²) in [6, 6.07) is 12.2. The number of carbonyl (C=O) groups is 2. The third-order valence-corrected chi connectivity index (χ3v) is 3.78. The number of nitrogens with one attached hydrogen (secondary N) is 1. The second-order valence-electron chi connectivity index (χ2n) is 5.47. The minimum Gasteiger partial charge on any atom is -0.490 e. The molecule has 0 unspecified atom stereocenters. The third-order valence-electron chi connectivity index (χ3n) is 3.78. The monoisotopic (exact) mass is 357 g/mol. The molecule has 136 valence electrons. The first-order valence-electron chi connectivity index (χ1n) is 8.15. The van der Waals surface area contributed by atoms with E-state index in [0.29, 0.717) is 35.0 Å². The summed E-state index contributed by atoms with van der Waals surface area (Å²) < 4.78 is 21.5. The minimum absolute atomic E-state index is 0.208. The lowest BCUT2D eigenvalue weighted by Crippen LogP contribution is -2.36. The molecule has 26 heavy (non-hydrogen) atoms. The average molecular weight is 357 g/mol. The molecule has 1 N–H and O–H groups in total. The molecule has 3 rings (SSSR count). The SMILES string of the molecule is CCOc1cc([C@@H]2NC(=O)c3ccccc3O2)ccc1OCC(=O)OC. The van der Waals surface area contributed by atoms with Gasteiger partial charge in [-0.3, -0.25) is 4.79 Å². The highest BCUT2D eigenvalue weighted by molar-refractivity contribution is 5.98. The summed E-state index contributed by atoms with van der Waals surface area (Å²) >= 11 is 0. The minimum atomic E-state index is -0.647. The topological polar surface area (TPSA) is 83.1 Å².